The Bertz CT molecular complexity index is 501. The van der Waals surface area contributed by atoms with Crippen molar-refractivity contribution in [3.63, 3.8) is 0 Å². The van der Waals surface area contributed by atoms with Crippen LogP contribution in [0, 0.1) is 17.0 Å². The zero-order chi connectivity index (χ0) is 16.8. The van der Waals surface area contributed by atoms with Crippen LogP contribution in [0.4, 0.5) is 5.69 Å². The molecule has 2 heterocycles. The second kappa shape index (κ2) is 7.88. The Morgan fingerprint density at radius 3 is 2.59 bits per heavy atom. The molecular formula is C14H24N4O4. The average Bonchev–Trinajstić information content (AvgIpc) is 2.81. The molecule has 0 radical (unpaired) electrons. The van der Waals surface area contributed by atoms with Gasteiger partial charge in [-0.25, -0.2) is 0 Å². The summed E-state index contributed by atoms with van der Waals surface area (Å²) in [6.45, 7) is 9.54. The van der Waals surface area contributed by atoms with Crippen LogP contribution in [-0.2, 0) is 9.53 Å². The summed E-state index contributed by atoms with van der Waals surface area (Å²) in [6.07, 6.45) is 3.47. The van der Waals surface area contributed by atoms with E-state index >= 15 is 0 Å². The molecule has 1 aliphatic rings. The summed E-state index contributed by atoms with van der Waals surface area (Å²) in [5.41, 5.74) is 0.441. The molecule has 22 heavy (non-hydrogen) atoms. The van der Waals surface area contributed by atoms with Crippen molar-refractivity contribution in [1.82, 2.24) is 15.1 Å². The van der Waals surface area contributed by atoms with Crippen molar-refractivity contribution in [2.45, 2.75) is 52.2 Å². The van der Waals surface area contributed by atoms with Crippen LogP contribution in [0.3, 0.4) is 0 Å². The van der Waals surface area contributed by atoms with Gasteiger partial charge in [0.1, 0.15) is 17.5 Å². The van der Waals surface area contributed by atoms with Gasteiger partial charge in [0.2, 0.25) is 0 Å². The van der Waals surface area contributed by atoms with Crippen LogP contribution < -0.4 is 5.32 Å². The van der Waals surface area contributed by atoms with Gasteiger partial charge in [-0.05, 0) is 47.1 Å². The van der Waals surface area contributed by atoms with Crippen molar-refractivity contribution in [3.05, 3.63) is 22.0 Å². The monoisotopic (exact) mass is 312 g/mol. The van der Waals surface area contributed by atoms with Crippen LogP contribution in [0.5, 0.6) is 0 Å². The molecule has 2 rings (SSSR count). The van der Waals surface area contributed by atoms with Gasteiger partial charge in [-0.15, -0.1) is 0 Å². The number of nitrogens with zero attached hydrogens (tertiary/aromatic N) is 3. The van der Waals surface area contributed by atoms with Gasteiger partial charge in [0.25, 0.3) is 6.47 Å². The number of rotatable bonds is 3. The lowest BCUT2D eigenvalue weighted by atomic mass is 10.1. The molecule has 124 valence electrons. The maximum Gasteiger partial charge on any atom is 0.309 e. The van der Waals surface area contributed by atoms with E-state index in [4.69, 9.17) is 0 Å². The number of hydrogen-bond acceptors (Lipinski definition) is 6. The minimum Gasteiger partial charge on any atom is -0.462 e. The van der Waals surface area contributed by atoms with Crippen LogP contribution in [0.2, 0.25) is 0 Å². The van der Waals surface area contributed by atoms with Gasteiger partial charge in [0, 0.05) is 6.54 Å². The summed E-state index contributed by atoms with van der Waals surface area (Å²) in [4.78, 5) is 19.9. The van der Waals surface area contributed by atoms with Crippen LogP contribution in [-0.4, -0.2) is 39.9 Å². The summed E-state index contributed by atoms with van der Waals surface area (Å²) >= 11 is 0. The topological polar surface area (TPSA) is 99.3 Å². The Labute approximate surface area is 130 Å². The Kier molecular flexibility index (Phi) is 6.48. The minimum absolute atomic E-state index is 0.112. The third-order valence-corrected chi connectivity index (χ3v) is 3.23. The quantitative estimate of drug-likeness (QED) is 0.520. The summed E-state index contributed by atoms with van der Waals surface area (Å²) in [5.74, 6) is 0. The zero-order valence-corrected chi connectivity index (χ0v) is 13.5. The highest BCUT2D eigenvalue weighted by molar-refractivity contribution is 5.37. The molecule has 8 nitrogen and oxygen atoms in total. The van der Waals surface area contributed by atoms with Gasteiger partial charge in [0.15, 0.2) is 0 Å². The molecule has 0 aliphatic carbocycles. The first-order chi connectivity index (χ1) is 10.3. The van der Waals surface area contributed by atoms with Crippen LogP contribution in [0.1, 0.15) is 45.3 Å². The molecule has 1 aliphatic heterocycles. The molecule has 8 heteroatoms. The Morgan fingerprint density at radius 2 is 2.23 bits per heavy atom. The molecule has 0 saturated carbocycles. The summed E-state index contributed by atoms with van der Waals surface area (Å²) in [7, 11) is 0. The van der Waals surface area contributed by atoms with E-state index in [1.54, 1.807) is 11.6 Å². The second-order valence-electron chi connectivity index (χ2n) is 6.14. The van der Waals surface area contributed by atoms with E-state index < -0.39 is 0 Å². The van der Waals surface area contributed by atoms with Crippen molar-refractivity contribution >= 4 is 12.2 Å². The number of nitrogens with one attached hydrogen (secondary N) is 1. The summed E-state index contributed by atoms with van der Waals surface area (Å²) in [5, 5.41) is 18.0. The van der Waals surface area contributed by atoms with Crippen LogP contribution in [0.25, 0.3) is 0 Å². The molecular weight excluding hydrogens is 288 g/mol. The molecule has 0 unspecified atom stereocenters. The van der Waals surface area contributed by atoms with Crippen LogP contribution in [0.15, 0.2) is 6.20 Å². The fourth-order valence-corrected chi connectivity index (χ4v) is 2.15. The fraction of sp³-hybridized carbons (Fsp3) is 0.714. The van der Waals surface area contributed by atoms with Gasteiger partial charge in [-0.3, -0.25) is 19.6 Å². The third kappa shape index (κ3) is 5.44. The molecule has 1 N–H and O–H groups in total. The number of hydrogen-bond donors (Lipinski definition) is 1. The van der Waals surface area contributed by atoms with E-state index in [1.807, 2.05) is 20.8 Å². The highest BCUT2D eigenvalue weighted by atomic mass is 16.6. The highest BCUT2D eigenvalue weighted by Crippen LogP contribution is 2.23. The van der Waals surface area contributed by atoms with Gasteiger partial charge in [-0.2, -0.15) is 5.10 Å². The first kappa shape index (κ1) is 18.1. The van der Waals surface area contributed by atoms with E-state index in [2.05, 4.69) is 15.2 Å². The largest absolute Gasteiger partial charge is 0.462 e. The molecule has 0 spiro atoms. The van der Waals surface area contributed by atoms with E-state index in [0.29, 0.717) is 12.2 Å². The molecule has 0 amide bonds. The maximum atomic E-state index is 10.7. The lowest BCUT2D eigenvalue weighted by Crippen LogP contribution is -2.32. The SMILES string of the molecule is CC(C)(C)OC=O.Cc1c([N+](=O)[O-])cnn1[C@H]1CCCNC1. The lowest BCUT2D eigenvalue weighted by molar-refractivity contribution is -0.385. The summed E-state index contributed by atoms with van der Waals surface area (Å²) in [6, 6.07) is 0.257. The third-order valence-electron chi connectivity index (χ3n) is 3.23. The molecule has 1 aromatic heterocycles. The number of piperidine rings is 1. The van der Waals surface area contributed by atoms with E-state index in [0.717, 1.165) is 25.9 Å². The first-order valence-corrected chi connectivity index (χ1v) is 7.27. The van der Waals surface area contributed by atoms with Crippen molar-refractivity contribution in [1.29, 1.82) is 0 Å². The Hall–Kier alpha value is -1.96. The first-order valence-electron chi connectivity index (χ1n) is 7.27. The van der Waals surface area contributed by atoms with E-state index in [-0.39, 0.29) is 22.3 Å². The minimum atomic E-state index is -0.380. The van der Waals surface area contributed by atoms with Crippen molar-refractivity contribution in [2.24, 2.45) is 0 Å². The van der Waals surface area contributed by atoms with Crippen molar-refractivity contribution in [2.75, 3.05) is 13.1 Å². The van der Waals surface area contributed by atoms with Gasteiger partial charge >= 0.3 is 5.69 Å². The number of aromatic nitrogens is 2. The van der Waals surface area contributed by atoms with Gasteiger partial charge in [0.05, 0.1) is 11.0 Å². The average molecular weight is 312 g/mol. The standard InChI is InChI=1S/C9H14N4O2.C5H10O2/c1-7-9(13(14)15)6-11-12(7)8-3-2-4-10-5-8;1-5(2,3)7-4-6/h6,8,10H,2-5H2,1H3;4H,1-3H3/t8-;/m0./s1. The smallest absolute Gasteiger partial charge is 0.309 e. The second-order valence-corrected chi connectivity index (χ2v) is 6.14. The van der Waals surface area contributed by atoms with Crippen molar-refractivity contribution in [3.8, 4) is 0 Å². The molecule has 1 fully saturated rings. The molecule has 1 saturated heterocycles. The molecule has 1 aromatic rings. The van der Waals surface area contributed by atoms with Crippen molar-refractivity contribution < 1.29 is 14.5 Å². The summed E-state index contributed by atoms with van der Waals surface area (Å²) < 4.78 is 6.32. The lowest BCUT2D eigenvalue weighted by Gasteiger charge is -2.23. The van der Waals surface area contributed by atoms with Crippen LogP contribution >= 0.6 is 0 Å². The molecule has 0 bridgehead atoms. The predicted molar refractivity (Wildman–Crippen MR) is 81.7 cm³/mol. The van der Waals surface area contributed by atoms with Gasteiger partial charge < -0.3 is 10.1 Å². The Morgan fingerprint density at radius 1 is 1.55 bits per heavy atom. The maximum absolute atomic E-state index is 10.7. The number of ether oxygens (including phenoxy) is 1. The number of carbonyl (C=O) groups is 1. The van der Waals surface area contributed by atoms with Gasteiger partial charge in [-0.1, -0.05) is 0 Å². The zero-order valence-electron chi connectivity index (χ0n) is 13.5. The molecule has 1 atom stereocenters. The fourth-order valence-electron chi connectivity index (χ4n) is 2.15. The highest BCUT2D eigenvalue weighted by Gasteiger charge is 2.22. The Balaban J connectivity index is 0.000000295. The van der Waals surface area contributed by atoms with E-state index in [1.165, 1.54) is 6.20 Å². The normalized spacial score (nSPS) is 18.1. The molecule has 0 aromatic carbocycles. The van der Waals surface area contributed by atoms with E-state index in [9.17, 15) is 14.9 Å². The number of carbonyl (C=O) groups excluding carboxylic acids is 1. The predicted octanol–water partition coefficient (Wildman–Crippen LogP) is 1.98. The number of nitro groups is 1.